The highest BCUT2D eigenvalue weighted by atomic mass is 32.2. The minimum atomic E-state index is -1.21. The summed E-state index contributed by atoms with van der Waals surface area (Å²) in [6.45, 7) is 10.9. The van der Waals surface area contributed by atoms with Gasteiger partial charge in [-0.25, -0.2) is 4.79 Å². The van der Waals surface area contributed by atoms with E-state index in [4.69, 9.17) is 4.74 Å². The van der Waals surface area contributed by atoms with Crippen LogP contribution in [-0.4, -0.2) is 34.3 Å². The van der Waals surface area contributed by atoms with Crippen molar-refractivity contribution < 1.29 is 14.6 Å². The molecule has 168 valence electrons. The number of carboxylic acids is 1. The topological polar surface area (TPSA) is 80.6 Å². The van der Waals surface area contributed by atoms with E-state index in [0.29, 0.717) is 16.2 Å². The van der Waals surface area contributed by atoms with E-state index in [9.17, 15) is 14.7 Å². The molecule has 0 amide bonds. The van der Waals surface area contributed by atoms with Crippen LogP contribution in [0.5, 0.6) is 0 Å². The van der Waals surface area contributed by atoms with Crippen LogP contribution in [-0.2, 0) is 9.53 Å². The van der Waals surface area contributed by atoms with E-state index in [1.807, 2.05) is 58.0 Å². The normalized spacial score (nSPS) is 16.3. The molecule has 0 spiro atoms. The number of carboxylic acid groups (broad SMARTS) is 1. The third-order valence-corrected chi connectivity index (χ3v) is 6.65. The monoisotopic (exact) mass is 444 g/mol. The molecule has 2 aromatic rings. The molecule has 1 atom stereocenters. The van der Waals surface area contributed by atoms with Gasteiger partial charge < -0.3 is 19.7 Å². The maximum atomic E-state index is 13.4. The van der Waals surface area contributed by atoms with Gasteiger partial charge in [0, 0.05) is 22.2 Å². The Bertz CT molecular complexity index is 989. The molecule has 1 aromatic heterocycles. The molecule has 1 aliphatic heterocycles. The summed E-state index contributed by atoms with van der Waals surface area (Å²) in [6.07, 6.45) is 0.526. The van der Waals surface area contributed by atoms with Gasteiger partial charge >= 0.3 is 5.97 Å². The van der Waals surface area contributed by atoms with Crippen molar-refractivity contribution in [1.29, 1.82) is 0 Å². The molecule has 31 heavy (non-hydrogen) atoms. The fraction of sp³-hybridized carbons (Fsp3) is 0.500. The Balaban J connectivity index is 2.23. The van der Waals surface area contributed by atoms with Gasteiger partial charge in [-0.2, -0.15) is 0 Å². The highest BCUT2D eigenvalue weighted by molar-refractivity contribution is 7.99. The van der Waals surface area contributed by atoms with Gasteiger partial charge in [0.1, 0.15) is 0 Å². The first-order valence-corrected chi connectivity index (χ1v) is 11.5. The predicted molar refractivity (Wildman–Crippen MR) is 123 cm³/mol. The largest absolute Gasteiger partial charge is 0.479 e. The number of rotatable bonds is 6. The number of nitrogens with one attached hydrogen (secondary N) is 1. The first-order valence-electron chi connectivity index (χ1n) is 10.7. The number of nitrogens with zero attached hydrogens (tertiary/aromatic N) is 1. The quantitative estimate of drug-likeness (QED) is 0.684. The van der Waals surface area contributed by atoms with Gasteiger partial charge in [0.15, 0.2) is 11.5 Å². The molecule has 0 radical (unpaired) electrons. The molecule has 0 aliphatic carbocycles. The number of hydrogen-bond acceptors (Lipinski definition) is 5. The molecule has 1 unspecified atom stereocenters. The first kappa shape index (κ1) is 23.6. The van der Waals surface area contributed by atoms with E-state index in [-0.39, 0.29) is 11.5 Å². The van der Waals surface area contributed by atoms with Crippen LogP contribution in [0.3, 0.4) is 0 Å². The summed E-state index contributed by atoms with van der Waals surface area (Å²) in [4.78, 5) is 27.4. The number of aliphatic carboxylic acids is 1. The Morgan fingerprint density at radius 1 is 1.19 bits per heavy atom. The van der Waals surface area contributed by atoms with Crippen molar-refractivity contribution in [2.45, 2.75) is 75.0 Å². The fourth-order valence-electron chi connectivity index (χ4n) is 4.08. The third-order valence-electron chi connectivity index (χ3n) is 5.46. The third kappa shape index (κ3) is 5.40. The molecule has 0 saturated carbocycles. The molecule has 1 aliphatic rings. The van der Waals surface area contributed by atoms with Crippen molar-refractivity contribution in [2.24, 2.45) is 0 Å². The fourth-order valence-corrected chi connectivity index (χ4v) is 5.10. The second kappa shape index (κ2) is 9.59. The Morgan fingerprint density at radius 3 is 2.35 bits per heavy atom. The number of carbonyl (C=O) groups is 1. The molecule has 7 heteroatoms. The molecule has 1 aromatic carbocycles. The van der Waals surface area contributed by atoms with Crippen LogP contribution in [0.1, 0.15) is 62.7 Å². The molecule has 3 rings (SSSR count). The molecule has 2 heterocycles. The van der Waals surface area contributed by atoms with Crippen LogP contribution in [0.2, 0.25) is 0 Å². The van der Waals surface area contributed by atoms with E-state index < -0.39 is 17.7 Å². The van der Waals surface area contributed by atoms with Crippen molar-refractivity contribution in [3.05, 3.63) is 57.5 Å². The number of aromatic nitrogens is 1. The first-order chi connectivity index (χ1) is 14.6. The zero-order valence-electron chi connectivity index (χ0n) is 18.9. The van der Waals surface area contributed by atoms with Crippen LogP contribution < -0.4 is 10.7 Å². The summed E-state index contributed by atoms with van der Waals surface area (Å²) in [5, 5.41) is 13.4. The lowest BCUT2D eigenvalue weighted by Gasteiger charge is -2.35. The Morgan fingerprint density at radius 2 is 1.81 bits per heavy atom. The van der Waals surface area contributed by atoms with Gasteiger partial charge in [0.2, 0.25) is 0 Å². The summed E-state index contributed by atoms with van der Waals surface area (Å²) in [6, 6.07) is 9.90. The minimum Gasteiger partial charge on any atom is -0.479 e. The summed E-state index contributed by atoms with van der Waals surface area (Å²) in [5.74, 6) is -1.08. The molecule has 1 fully saturated rings. The van der Waals surface area contributed by atoms with Crippen molar-refractivity contribution in [3.63, 3.8) is 0 Å². The highest BCUT2D eigenvalue weighted by Crippen LogP contribution is 2.36. The van der Waals surface area contributed by atoms with Crippen LogP contribution in [0.4, 0.5) is 0 Å². The molecule has 1 saturated heterocycles. The van der Waals surface area contributed by atoms with Crippen molar-refractivity contribution in [3.8, 4) is 0 Å². The second-order valence-corrected chi connectivity index (χ2v) is 10.1. The lowest BCUT2D eigenvalue weighted by atomic mass is 10.0. The number of pyridine rings is 1. The number of hydrogen-bond donors (Lipinski definition) is 2. The standard InChI is InChI=1S/C24H32N2O4S/c1-15-19(21(23(28)29)30-24(3,4)5)26(17-11-13-25-14-12-17)16(2)22(20(15)27)31-18-9-7-6-8-10-18/h6-10,17,21,25H,11-14H2,1-5H3,(H,28,29). The van der Waals surface area contributed by atoms with Gasteiger partial charge in [0.05, 0.1) is 16.2 Å². The molecule has 6 nitrogen and oxygen atoms in total. The van der Waals surface area contributed by atoms with E-state index >= 15 is 0 Å². The summed E-state index contributed by atoms with van der Waals surface area (Å²) < 4.78 is 8.06. The van der Waals surface area contributed by atoms with E-state index in [0.717, 1.165) is 36.5 Å². The summed E-state index contributed by atoms with van der Waals surface area (Å²) >= 11 is 1.44. The van der Waals surface area contributed by atoms with Crippen LogP contribution in [0, 0.1) is 13.8 Å². The SMILES string of the molecule is Cc1c(C(OC(C)(C)C)C(=O)O)n(C2CCNCC2)c(C)c(Sc2ccccc2)c1=O. The molecular formula is C24H32N2O4S. The van der Waals surface area contributed by atoms with Gasteiger partial charge in [-0.3, -0.25) is 4.79 Å². The van der Waals surface area contributed by atoms with E-state index in [2.05, 4.69) is 9.88 Å². The maximum Gasteiger partial charge on any atom is 0.339 e. The Labute approximate surface area is 188 Å². The lowest BCUT2D eigenvalue weighted by molar-refractivity contribution is -0.161. The van der Waals surface area contributed by atoms with Gasteiger partial charge in [-0.15, -0.1) is 0 Å². The number of ether oxygens (including phenoxy) is 1. The predicted octanol–water partition coefficient (Wildman–Crippen LogP) is 4.48. The Hall–Kier alpha value is -2.09. The van der Waals surface area contributed by atoms with Crippen molar-refractivity contribution >= 4 is 17.7 Å². The summed E-state index contributed by atoms with van der Waals surface area (Å²) in [5.41, 5.74) is 0.912. The van der Waals surface area contributed by atoms with Crippen LogP contribution in [0.25, 0.3) is 0 Å². The average molecular weight is 445 g/mol. The van der Waals surface area contributed by atoms with E-state index in [1.165, 1.54) is 11.8 Å². The van der Waals surface area contributed by atoms with E-state index in [1.54, 1.807) is 6.92 Å². The lowest BCUT2D eigenvalue weighted by Crippen LogP contribution is -2.37. The number of piperidine rings is 1. The zero-order valence-corrected chi connectivity index (χ0v) is 19.7. The average Bonchev–Trinajstić information content (AvgIpc) is 2.73. The summed E-state index contributed by atoms with van der Waals surface area (Å²) in [7, 11) is 0. The molecular weight excluding hydrogens is 412 g/mol. The number of benzene rings is 1. The second-order valence-electron chi connectivity index (χ2n) is 8.97. The molecule has 2 N–H and O–H groups in total. The van der Waals surface area contributed by atoms with Crippen molar-refractivity contribution in [2.75, 3.05) is 13.1 Å². The zero-order chi connectivity index (χ0) is 22.8. The van der Waals surface area contributed by atoms with Gasteiger partial charge in [-0.05, 0) is 72.7 Å². The van der Waals surface area contributed by atoms with Crippen LogP contribution >= 0.6 is 11.8 Å². The minimum absolute atomic E-state index is 0.107. The maximum absolute atomic E-state index is 13.4. The van der Waals surface area contributed by atoms with Gasteiger partial charge in [-0.1, -0.05) is 30.0 Å². The smallest absolute Gasteiger partial charge is 0.339 e. The van der Waals surface area contributed by atoms with Crippen LogP contribution in [0.15, 0.2) is 44.9 Å². The Kier molecular flexibility index (Phi) is 7.29. The van der Waals surface area contributed by atoms with Crippen molar-refractivity contribution in [1.82, 2.24) is 9.88 Å². The van der Waals surface area contributed by atoms with Gasteiger partial charge in [0.25, 0.3) is 0 Å². The highest BCUT2D eigenvalue weighted by Gasteiger charge is 2.35. The molecule has 0 bridgehead atoms.